The van der Waals surface area contributed by atoms with E-state index < -0.39 is 40.9 Å². The first-order chi connectivity index (χ1) is 20.0. The first-order valence-electron chi connectivity index (χ1n) is 14.0. The monoisotopic (exact) mass is 643 g/mol. The third-order valence-corrected chi connectivity index (χ3v) is 8.51. The number of nitrogens with zero attached hydrogens (tertiary/aromatic N) is 2. The average Bonchev–Trinajstić information content (AvgIpc) is 3.44. The molecule has 1 fully saturated rings. The molecule has 2 aliphatic heterocycles. The summed E-state index contributed by atoms with van der Waals surface area (Å²) in [5, 5.41) is -0.703. The highest BCUT2D eigenvalue weighted by molar-refractivity contribution is 8.00. The zero-order chi connectivity index (χ0) is 30.6. The van der Waals surface area contributed by atoms with Crippen molar-refractivity contribution in [3.05, 3.63) is 64.5 Å². The summed E-state index contributed by atoms with van der Waals surface area (Å²) < 4.78 is 51.9. The second-order valence-electron chi connectivity index (χ2n) is 10.8. The van der Waals surface area contributed by atoms with Crippen LogP contribution in [0.15, 0.2) is 30.3 Å². The Kier molecular flexibility index (Phi) is 12.2. The fraction of sp³-hybridized carbons (Fsp3) is 0.500. The Morgan fingerprint density at radius 2 is 1.77 bits per heavy atom. The van der Waals surface area contributed by atoms with Crippen molar-refractivity contribution in [3.63, 3.8) is 0 Å². The van der Waals surface area contributed by atoms with Crippen molar-refractivity contribution in [1.82, 2.24) is 9.80 Å². The maximum Gasteiger partial charge on any atom is 0.347 e. The lowest BCUT2D eigenvalue weighted by molar-refractivity contribution is -0.153. The molecule has 0 spiro atoms. The molecule has 0 saturated carbocycles. The van der Waals surface area contributed by atoms with Gasteiger partial charge in [-0.25, -0.2) is 18.0 Å². The molecule has 236 valence electrons. The summed E-state index contributed by atoms with van der Waals surface area (Å²) in [6.07, 6.45) is -0.463. The number of esters is 1. The molecule has 2 unspecified atom stereocenters. The first-order valence-corrected chi connectivity index (χ1v) is 15.1. The SMILES string of the molecule is CCOC(=O)C(Oc1ccc2c(c1)CCN(C(=O)C1SCCN1C(=O)C[C@H](N)Cc1cc(F)c(F)cc1F)C2)C(C)C.Cl. The fourth-order valence-corrected chi connectivity index (χ4v) is 6.34. The molecule has 43 heavy (non-hydrogen) atoms. The minimum atomic E-state index is -1.29. The number of benzene rings is 2. The summed E-state index contributed by atoms with van der Waals surface area (Å²) in [6.45, 7) is 6.98. The van der Waals surface area contributed by atoms with Crippen LogP contribution in [0.1, 0.15) is 43.9 Å². The molecule has 2 heterocycles. The van der Waals surface area contributed by atoms with Gasteiger partial charge in [0.2, 0.25) is 5.91 Å². The number of ether oxygens (including phenoxy) is 2. The van der Waals surface area contributed by atoms with E-state index >= 15 is 0 Å². The van der Waals surface area contributed by atoms with Crippen LogP contribution in [0.4, 0.5) is 13.2 Å². The molecule has 1 saturated heterocycles. The second-order valence-corrected chi connectivity index (χ2v) is 12.0. The van der Waals surface area contributed by atoms with Crippen molar-refractivity contribution in [2.24, 2.45) is 11.7 Å². The van der Waals surface area contributed by atoms with Gasteiger partial charge in [0.15, 0.2) is 23.1 Å². The van der Waals surface area contributed by atoms with Crippen LogP contribution in [-0.4, -0.2) is 70.6 Å². The van der Waals surface area contributed by atoms with Crippen LogP contribution in [0.5, 0.6) is 5.75 Å². The summed E-state index contributed by atoms with van der Waals surface area (Å²) in [7, 11) is 0. The molecule has 4 rings (SSSR count). The van der Waals surface area contributed by atoms with Gasteiger partial charge in [-0.15, -0.1) is 24.2 Å². The lowest BCUT2D eigenvalue weighted by atomic mass is 9.99. The lowest BCUT2D eigenvalue weighted by Gasteiger charge is -2.33. The van der Waals surface area contributed by atoms with E-state index in [4.69, 9.17) is 15.2 Å². The van der Waals surface area contributed by atoms with E-state index in [0.29, 0.717) is 43.6 Å². The Hall–Kier alpha value is -2.96. The molecule has 0 radical (unpaired) electrons. The number of halogens is 4. The average molecular weight is 644 g/mol. The van der Waals surface area contributed by atoms with Gasteiger partial charge in [0.05, 0.1) is 6.61 Å². The van der Waals surface area contributed by atoms with Crippen LogP contribution >= 0.6 is 24.2 Å². The number of nitrogens with two attached hydrogens (primary N) is 1. The zero-order valence-electron chi connectivity index (χ0n) is 24.3. The van der Waals surface area contributed by atoms with E-state index in [2.05, 4.69) is 0 Å². The van der Waals surface area contributed by atoms with Gasteiger partial charge in [-0.3, -0.25) is 9.59 Å². The smallest absolute Gasteiger partial charge is 0.347 e. The van der Waals surface area contributed by atoms with Gasteiger partial charge in [-0.05, 0) is 54.7 Å². The molecular weight excluding hydrogens is 607 g/mol. The Bertz CT molecular complexity index is 1330. The quantitative estimate of drug-likeness (QED) is 0.305. The standard InChI is InChI=1S/C30H36F3N3O5S.ClH/c1-4-40-30(39)27(17(2)3)41-22-6-5-19-16-35(8-7-18(19)12-22)28(38)29-36(9-10-42-29)26(37)14-21(34)11-20-13-24(32)25(33)15-23(20)31;/h5-6,12-13,15,17,21,27,29H,4,7-11,14,16,34H2,1-3H3;1H/t21-,27?,29?;/m1./s1. The largest absolute Gasteiger partial charge is 0.478 e. The van der Waals surface area contributed by atoms with Gasteiger partial charge in [0.1, 0.15) is 11.6 Å². The Balaban J connectivity index is 0.00000506. The Morgan fingerprint density at radius 1 is 1.05 bits per heavy atom. The number of rotatable bonds is 10. The van der Waals surface area contributed by atoms with Crippen LogP contribution < -0.4 is 10.5 Å². The minimum absolute atomic E-state index is 0. The first kappa shape index (κ1) is 34.5. The number of carbonyl (C=O) groups excluding carboxylic acids is 3. The molecule has 0 bridgehead atoms. The maximum absolute atomic E-state index is 14.0. The molecule has 2 N–H and O–H groups in total. The van der Waals surface area contributed by atoms with Gasteiger partial charge in [-0.2, -0.15) is 0 Å². The van der Waals surface area contributed by atoms with E-state index in [1.54, 1.807) is 17.9 Å². The highest BCUT2D eigenvalue weighted by Gasteiger charge is 2.38. The van der Waals surface area contributed by atoms with E-state index in [-0.39, 0.29) is 55.2 Å². The molecule has 2 aromatic carbocycles. The van der Waals surface area contributed by atoms with E-state index in [1.807, 2.05) is 26.0 Å². The Labute approximate surface area is 259 Å². The van der Waals surface area contributed by atoms with Crippen LogP contribution in [0.2, 0.25) is 0 Å². The molecule has 2 aromatic rings. The summed E-state index contributed by atoms with van der Waals surface area (Å²) in [5.41, 5.74) is 7.93. The van der Waals surface area contributed by atoms with Gasteiger partial charge in [0, 0.05) is 49.8 Å². The number of amides is 2. The number of thioether (sulfide) groups is 1. The van der Waals surface area contributed by atoms with Crippen molar-refractivity contribution in [3.8, 4) is 5.75 Å². The molecule has 2 aliphatic rings. The molecule has 0 aliphatic carbocycles. The van der Waals surface area contributed by atoms with E-state index in [0.717, 1.165) is 17.2 Å². The van der Waals surface area contributed by atoms with E-state index in [1.165, 1.54) is 16.7 Å². The van der Waals surface area contributed by atoms with Crippen LogP contribution in [-0.2, 0) is 38.5 Å². The normalized spacial score (nSPS) is 17.6. The Morgan fingerprint density at radius 3 is 2.47 bits per heavy atom. The molecule has 0 aromatic heterocycles. The molecule has 13 heteroatoms. The van der Waals surface area contributed by atoms with E-state index in [9.17, 15) is 27.6 Å². The van der Waals surface area contributed by atoms with Crippen LogP contribution in [0, 0.1) is 23.4 Å². The molecule has 2 amide bonds. The molecule has 3 atom stereocenters. The van der Waals surface area contributed by atoms with Gasteiger partial charge < -0.3 is 25.0 Å². The fourth-order valence-electron chi connectivity index (χ4n) is 5.12. The summed E-state index contributed by atoms with van der Waals surface area (Å²) in [4.78, 5) is 42.1. The number of carbonyl (C=O) groups is 3. The maximum atomic E-state index is 14.0. The summed E-state index contributed by atoms with van der Waals surface area (Å²) in [6, 6.07) is 5.92. The predicted molar refractivity (Wildman–Crippen MR) is 159 cm³/mol. The number of fused-ring (bicyclic) bond motifs is 1. The third-order valence-electron chi connectivity index (χ3n) is 7.32. The number of hydrogen-bond acceptors (Lipinski definition) is 7. The highest BCUT2D eigenvalue weighted by Crippen LogP contribution is 2.31. The topological polar surface area (TPSA) is 102 Å². The third kappa shape index (κ3) is 8.36. The summed E-state index contributed by atoms with van der Waals surface area (Å²) in [5.74, 6) is -3.29. The zero-order valence-corrected chi connectivity index (χ0v) is 25.9. The van der Waals surface area contributed by atoms with Crippen LogP contribution in [0.25, 0.3) is 0 Å². The summed E-state index contributed by atoms with van der Waals surface area (Å²) >= 11 is 1.38. The van der Waals surface area contributed by atoms with Gasteiger partial charge in [-0.1, -0.05) is 19.9 Å². The number of hydrogen-bond donors (Lipinski definition) is 1. The van der Waals surface area contributed by atoms with Gasteiger partial charge in [0.25, 0.3) is 5.91 Å². The molecule has 8 nitrogen and oxygen atoms in total. The van der Waals surface area contributed by atoms with Crippen molar-refractivity contribution >= 4 is 42.0 Å². The minimum Gasteiger partial charge on any atom is -0.478 e. The van der Waals surface area contributed by atoms with Crippen molar-refractivity contribution < 1.29 is 37.0 Å². The predicted octanol–water partition coefficient (Wildman–Crippen LogP) is 4.24. The highest BCUT2D eigenvalue weighted by atomic mass is 35.5. The second kappa shape index (κ2) is 15.2. The lowest BCUT2D eigenvalue weighted by Crippen LogP contribution is -2.49. The van der Waals surface area contributed by atoms with Gasteiger partial charge >= 0.3 is 5.97 Å². The molecular formula is C30H37ClF3N3O5S. The van der Waals surface area contributed by atoms with Crippen molar-refractivity contribution in [2.75, 3.05) is 25.4 Å². The van der Waals surface area contributed by atoms with Crippen molar-refractivity contribution in [2.45, 2.75) is 64.1 Å². The van der Waals surface area contributed by atoms with Crippen molar-refractivity contribution in [1.29, 1.82) is 0 Å². The van der Waals surface area contributed by atoms with Crippen LogP contribution in [0.3, 0.4) is 0 Å².